The summed E-state index contributed by atoms with van der Waals surface area (Å²) >= 11 is 0. The molecule has 7 heteroatoms. The van der Waals surface area contributed by atoms with E-state index in [1.165, 1.54) is 4.90 Å². The van der Waals surface area contributed by atoms with E-state index in [1.807, 2.05) is 61.5 Å². The SMILES string of the molecule is COc1cccc(NC(=O)CN(C)C(=O)c2cn(-c3ccccc3)nc2-c2ccc(C)cc2)c1. The Labute approximate surface area is 198 Å². The van der Waals surface area contributed by atoms with E-state index in [0.717, 1.165) is 16.8 Å². The molecule has 0 unspecified atom stereocenters. The number of nitrogens with one attached hydrogen (secondary N) is 1. The van der Waals surface area contributed by atoms with E-state index in [-0.39, 0.29) is 18.4 Å². The molecule has 0 aliphatic carbocycles. The fourth-order valence-electron chi connectivity index (χ4n) is 3.56. The second-order valence-corrected chi connectivity index (χ2v) is 7.98. The number of amides is 2. The zero-order valence-electron chi connectivity index (χ0n) is 19.4. The minimum absolute atomic E-state index is 0.111. The van der Waals surface area contributed by atoms with Gasteiger partial charge in [0.1, 0.15) is 11.4 Å². The normalized spacial score (nSPS) is 10.6. The molecule has 0 aliphatic rings. The number of methoxy groups -OCH3 is 1. The maximum absolute atomic E-state index is 13.4. The Morgan fingerprint density at radius 1 is 1.00 bits per heavy atom. The van der Waals surface area contributed by atoms with Gasteiger partial charge in [0, 0.05) is 30.6 Å². The first kappa shape index (κ1) is 22.8. The van der Waals surface area contributed by atoms with Crippen LogP contribution in [-0.2, 0) is 4.79 Å². The first-order chi connectivity index (χ1) is 16.4. The molecule has 0 bridgehead atoms. The molecule has 7 nitrogen and oxygen atoms in total. The van der Waals surface area contributed by atoms with Gasteiger partial charge in [-0.3, -0.25) is 9.59 Å². The lowest BCUT2D eigenvalue weighted by atomic mass is 10.1. The molecule has 3 aromatic carbocycles. The van der Waals surface area contributed by atoms with E-state index in [1.54, 1.807) is 49.3 Å². The number of anilines is 1. The zero-order chi connectivity index (χ0) is 24.1. The molecule has 0 atom stereocenters. The van der Waals surface area contributed by atoms with Crippen molar-refractivity contribution >= 4 is 17.5 Å². The fraction of sp³-hybridized carbons (Fsp3) is 0.148. The van der Waals surface area contributed by atoms with E-state index in [2.05, 4.69) is 5.32 Å². The van der Waals surface area contributed by atoms with E-state index >= 15 is 0 Å². The third kappa shape index (κ3) is 5.15. The van der Waals surface area contributed by atoms with E-state index in [9.17, 15) is 9.59 Å². The summed E-state index contributed by atoms with van der Waals surface area (Å²) in [6.45, 7) is 1.90. The highest BCUT2D eigenvalue weighted by molar-refractivity contribution is 6.02. The number of benzene rings is 3. The van der Waals surface area contributed by atoms with Crippen molar-refractivity contribution in [1.29, 1.82) is 0 Å². The number of rotatable bonds is 7. The number of para-hydroxylation sites is 1. The van der Waals surface area contributed by atoms with Crippen LogP contribution in [0.25, 0.3) is 16.9 Å². The van der Waals surface area contributed by atoms with Gasteiger partial charge in [-0.25, -0.2) is 4.68 Å². The standard InChI is InChI=1S/C27H26N4O3/c1-19-12-14-20(15-13-19)26-24(17-31(29-26)22-9-5-4-6-10-22)27(33)30(2)18-25(32)28-21-8-7-11-23(16-21)34-3/h4-17H,18H2,1-3H3,(H,28,32). The molecule has 1 aromatic heterocycles. The van der Waals surface area contributed by atoms with Crippen molar-refractivity contribution in [3.05, 3.63) is 96.2 Å². The molecular weight excluding hydrogens is 428 g/mol. The number of nitrogens with zero attached hydrogens (tertiary/aromatic N) is 3. The maximum atomic E-state index is 13.4. The van der Waals surface area contributed by atoms with Gasteiger partial charge in [0.2, 0.25) is 5.91 Å². The summed E-state index contributed by atoms with van der Waals surface area (Å²) in [5.74, 6) is 0.0354. The van der Waals surface area contributed by atoms with Crippen molar-refractivity contribution in [2.45, 2.75) is 6.92 Å². The van der Waals surface area contributed by atoms with Crippen molar-refractivity contribution in [2.24, 2.45) is 0 Å². The van der Waals surface area contributed by atoms with Gasteiger partial charge in [-0.2, -0.15) is 5.10 Å². The summed E-state index contributed by atoms with van der Waals surface area (Å²) in [6, 6.07) is 24.5. The van der Waals surface area contributed by atoms with Crippen molar-refractivity contribution in [3.63, 3.8) is 0 Å². The van der Waals surface area contributed by atoms with Crippen molar-refractivity contribution in [1.82, 2.24) is 14.7 Å². The molecule has 34 heavy (non-hydrogen) atoms. The van der Waals surface area contributed by atoms with Gasteiger partial charge in [0.25, 0.3) is 5.91 Å². The largest absolute Gasteiger partial charge is 0.497 e. The van der Waals surface area contributed by atoms with Crippen molar-refractivity contribution < 1.29 is 14.3 Å². The quantitative estimate of drug-likeness (QED) is 0.444. The smallest absolute Gasteiger partial charge is 0.257 e. The predicted octanol–water partition coefficient (Wildman–Crippen LogP) is 4.57. The van der Waals surface area contributed by atoms with Crippen LogP contribution in [0.1, 0.15) is 15.9 Å². The van der Waals surface area contributed by atoms with Crippen molar-refractivity contribution in [3.8, 4) is 22.7 Å². The minimum atomic E-state index is -0.309. The monoisotopic (exact) mass is 454 g/mol. The first-order valence-corrected chi connectivity index (χ1v) is 10.9. The molecule has 0 aliphatic heterocycles. The average molecular weight is 455 g/mol. The summed E-state index contributed by atoms with van der Waals surface area (Å²) in [6.07, 6.45) is 1.71. The van der Waals surface area contributed by atoms with Gasteiger partial charge in [-0.1, -0.05) is 54.1 Å². The summed E-state index contributed by atoms with van der Waals surface area (Å²) < 4.78 is 6.88. The third-order valence-corrected chi connectivity index (χ3v) is 5.37. The third-order valence-electron chi connectivity index (χ3n) is 5.37. The lowest BCUT2D eigenvalue weighted by Crippen LogP contribution is -2.35. The molecule has 0 spiro atoms. The number of hydrogen-bond acceptors (Lipinski definition) is 4. The summed E-state index contributed by atoms with van der Waals surface area (Å²) in [5.41, 5.74) is 4.37. The van der Waals surface area contributed by atoms with E-state index in [4.69, 9.17) is 9.84 Å². The highest BCUT2D eigenvalue weighted by atomic mass is 16.5. The molecule has 4 rings (SSSR count). The molecule has 0 saturated carbocycles. The number of hydrogen-bond donors (Lipinski definition) is 1. The van der Waals surface area contributed by atoms with Crippen LogP contribution in [0.4, 0.5) is 5.69 Å². The van der Waals surface area contributed by atoms with Crippen LogP contribution in [-0.4, -0.2) is 47.2 Å². The Bertz CT molecular complexity index is 1300. The van der Waals surface area contributed by atoms with Gasteiger partial charge < -0.3 is 15.0 Å². The van der Waals surface area contributed by atoms with Gasteiger partial charge in [0.15, 0.2) is 0 Å². The van der Waals surface area contributed by atoms with Crippen molar-refractivity contribution in [2.75, 3.05) is 26.0 Å². The Morgan fingerprint density at radius 3 is 2.44 bits per heavy atom. The number of likely N-dealkylation sites (N-methyl/N-ethyl adjacent to an activating group) is 1. The Morgan fingerprint density at radius 2 is 1.74 bits per heavy atom. The fourth-order valence-corrected chi connectivity index (χ4v) is 3.56. The zero-order valence-corrected chi connectivity index (χ0v) is 19.4. The van der Waals surface area contributed by atoms with E-state index in [0.29, 0.717) is 22.7 Å². The summed E-state index contributed by atoms with van der Waals surface area (Å²) in [5, 5.41) is 7.51. The van der Waals surface area contributed by atoms with Crippen LogP contribution < -0.4 is 10.1 Å². The number of ether oxygens (including phenoxy) is 1. The molecule has 0 radical (unpaired) electrons. The molecule has 172 valence electrons. The van der Waals surface area contributed by atoms with Crippen LogP contribution >= 0.6 is 0 Å². The number of aromatic nitrogens is 2. The Hall–Kier alpha value is -4.39. The van der Waals surface area contributed by atoms with Gasteiger partial charge in [0.05, 0.1) is 24.9 Å². The Balaban J connectivity index is 1.58. The predicted molar refractivity (Wildman–Crippen MR) is 132 cm³/mol. The number of aryl methyl sites for hydroxylation is 1. The topological polar surface area (TPSA) is 76.5 Å². The van der Waals surface area contributed by atoms with Gasteiger partial charge >= 0.3 is 0 Å². The van der Waals surface area contributed by atoms with Gasteiger partial charge in [-0.05, 0) is 31.2 Å². The lowest BCUT2D eigenvalue weighted by molar-refractivity contribution is -0.116. The van der Waals surface area contributed by atoms with Crippen LogP contribution in [0.3, 0.4) is 0 Å². The van der Waals surface area contributed by atoms with Gasteiger partial charge in [-0.15, -0.1) is 0 Å². The first-order valence-electron chi connectivity index (χ1n) is 10.9. The van der Waals surface area contributed by atoms with Crippen LogP contribution in [0, 0.1) is 6.92 Å². The molecule has 2 amide bonds. The lowest BCUT2D eigenvalue weighted by Gasteiger charge is -2.17. The number of carbonyl (C=O) groups excluding carboxylic acids is 2. The number of carbonyl (C=O) groups is 2. The molecule has 1 heterocycles. The highest BCUT2D eigenvalue weighted by Gasteiger charge is 2.23. The van der Waals surface area contributed by atoms with Crippen LogP contribution in [0.15, 0.2) is 85.1 Å². The second-order valence-electron chi connectivity index (χ2n) is 7.98. The summed E-state index contributed by atoms with van der Waals surface area (Å²) in [4.78, 5) is 27.4. The van der Waals surface area contributed by atoms with Crippen LogP contribution in [0.5, 0.6) is 5.75 Å². The molecule has 0 saturated heterocycles. The average Bonchev–Trinajstić information content (AvgIpc) is 3.30. The maximum Gasteiger partial charge on any atom is 0.257 e. The molecule has 1 N–H and O–H groups in total. The molecule has 0 fully saturated rings. The Kier molecular flexibility index (Phi) is 6.73. The second kappa shape index (κ2) is 10.0. The highest BCUT2D eigenvalue weighted by Crippen LogP contribution is 2.25. The molecular formula is C27H26N4O3. The summed E-state index contributed by atoms with van der Waals surface area (Å²) in [7, 11) is 3.17. The van der Waals surface area contributed by atoms with E-state index < -0.39 is 0 Å². The van der Waals surface area contributed by atoms with Crippen LogP contribution in [0.2, 0.25) is 0 Å². The minimum Gasteiger partial charge on any atom is -0.497 e. The molecule has 4 aromatic rings.